The van der Waals surface area contributed by atoms with E-state index in [0.29, 0.717) is 18.4 Å². The number of nitrogens with zero attached hydrogens (tertiary/aromatic N) is 1. The number of carboxylic acids is 1. The van der Waals surface area contributed by atoms with Crippen molar-refractivity contribution in [3.63, 3.8) is 0 Å². The second kappa shape index (κ2) is 5.96. The fraction of sp³-hybridized carbons (Fsp3) is 0.500. The van der Waals surface area contributed by atoms with Crippen LogP contribution in [-0.2, 0) is 11.2 Å². The molecule has 18 heavy (non-hydrogen) atoms. The van der Waals surface area contributed by atoms with Gasteiger partial charge in [0, 0.05) is 0 Å². The van der Waals surface area contributed by atoms with Gasteiger partial charge in [-0.15, -0.1) is 0 Å². The van der Waals surface area contributed by atoms with E-state index in [1.54, 1.807) is 18.2 Å². The van der Waals surface area contributed by atoms with Gasteiger partial charge in [0.15, 0.2) is 0 Å². The molecule has 3 nitrogen and oxygen atoms in total. The van der Waals surface area contributed by atoms with E-state index in [0.717, 1.165) is 25.9 Å². The monoisotopic (exact) mass is 251 g/mol. The van der Waals surface area contributed by atoms with E-state index >= 15 is 0 Å². The van der Waals surface area contributed by atoms with Gasteiger partial charge in [0.05, 0.1) is 0 Å². The SMILES string of the molecule is O=C(O)C(CCc1ccccc1F)N1CCCC1. The average Bonchev–Trinajstić information content (AvgIpc) is 2.85. The van der Waals surface area contributed by atoms with Crippen LogP contribution in [0.3, 0.4) is 0 Å². The number of halogens is 1. The number of aliphatic carboxylic acids is 1. The molecule has 98 valence electrons. The maximum absolute atomic E-state index is 13.5. The molecule has 1 atom stereocenters. The van der Waals surface area contributed by atoms with Gasteiger partial charge in [0.25, 0.3) is 0 Å². The van der Waals surface area contributed by atoms with E-state index in [2.05, 4.69) is 0 Å². The maximum atomic E-state index is 13.5. The molecule has 4 heteroatoms. The van der Waals surface area contributed by atoms with Gasteiger partial charge >= 0.3 is 5.97 Å². The summed E-state index contributed by atoms with van der Waals surface area (Å²) in [6.07, 6.45) is 3.06. The van der Waals surface area contributed by atoms with Crippen molar-refractivity contribution in [2.45, 2.75) is 31.7 Å². The van der Waals surface area contributed by atoms with Gasteiger partial charge in [-0.3, -0.25) is 9.69 Å². The molecule has 1 aromatic carbocycles. The van der Waals surface area contributed by atoms with Crippen LogP contribution in [0.4, 0.5) is 4.39 Å². The Morgan fingerprint density at radius 1 is 1.33 bits per heavy atom. The highest BCUT2D eigenvalue weighted by Gasteiger charge is 2.27. The minimum absolute atomic E-state index is 0.247. The van der Waals surface area contributed by atoms with Crippen LogP contribution >= 0.6 is 0 Å². The van der Waals surface area contributed by atoms with E-state index in [1.807, 2.05) is 4.90 Å². The van der Waals surface area contributed by atoms with Gasteiger partial charge < -0.3 is 5.11 Å². The smallest absolute Gasteiger partial charge is 0.320 e. The summed E-state index contributed by atoms with van der Waals surface area (Å²) in [5, 5.41) is 9.25. The van der Waals surface area contributed by atoms with Crippen molar-refractivity contribution in [2.75, 3.05) is 13.1 Å². The molecule has 0 aromatic heterocycles. The van der Waals surface area contributed by atoms with E-state index in [4.69, 9.17) is 0 Å². The summed E-state index contributed by atoms with van der Waals surface area (Å²) >= 11 is 0. The van der Waals surface area contributed by atoms with E-state index in [-0.39, 0.29) is 5.82 Å². The number of hydrogen-bond donors (Lipinski definition) is 1. The van der Waals surface area contributed by atoms with E-state index in [1.165, 1.54) is 6.07 Å². The summed E-state index contributed by atoms with van der Waals surface area (Å²) in [6.45, 7) is 1.68. The summed E-state index contributed by atoms with van der Waals surface area (Å²) in [4.78, 5) is 13.2. The van der Waals surface area contributed by atoms with Crippen LogP contribution in [0.5, 0.6) is 0 Å². The van der Waals surface area contributed by atoms with Crippen molar-refractivity contribution >= 4 is 5.97 Å². The fourth-order valence-corrected chi connectivity index (χ4v) is 2.51. The Bertz CT molecular complexity index is 416. The lowest BCUT2D eigenvalue weighted by atomic mass is 10.0. The third-order valence-electron chi connectivity index (χ3n) is 3.51. The van der Waals surface area contributed by atoms with Crippen molar-refractivity contribution in [3.05, 3.63) is 35.6 Å². The number of rotatable bonds is 5. The number of hydrogen-bond acceptors (Lipinski definition) is 2. The Hall–Kier alpha value is -1.42. The zero-order valence-electron chi connectivity index (χ0n) is 10.3. The molecule has 1 aliphatic heterocycles. The summed E-state index contributed by atoms with van der Waals surface area (Å²) in [6, 6.07) is 6.09. The predicted molar refractivity (Wildman–Crippen MR) is 67.0 cm³/mol. The molecule has 0 aliphatic carbocycles. The Morgan fingerprint density at radius 2 is 2.00 bits per heavy atom. The molecular formula is C14H18FNO2. The number of aryl methyl sites for hydroxylation is 1. The maximum Gasteiger partial charge on any atom is 0.320 e. The minimum Gasteiger partial charge on any atom is -0.480 e. The zero-order chi connectivity index (χ0) is 13.0. The number of likely N-dealkylation sites (tertiary alicyclic amines) is 1. The van der Waals surface area contributed by atoms with Crippen LogP contribution in [0.25, 0.3) is 0 Å². The molecule has 1 heterocycles. The number of carbonyl (C=O) groups is 1. The molecule has 1 aromatic rings. The lowest BCUT2D eigenvalue weighted by Gasteiger charge is -2.23. The van der Waals surface area contributed by atoms with Gasteiger partial charge in [-0.1, -0.05) is 18.2 Å². The third-order valence-corrected chi connectivity index (χ3v) is 3.51. The van der Waals surface area contributed by atoms with Crippen LogP contribution in [0.15, 0.2) is 24.3 Å². The Labute approximate surface area is 106 Å². The molecular weight excluding hydrogens is 233 g/mol. The summed E-state index contributed by atoms with van der Waals surface area (Å²) in [5.74, 6) is -1.05. The largest absolute Gasteiger partial charge is 0.480 e. The van der Waals surface area contributed by atoms with Crippen molar-refractivity contribution in [2.24, 2.45) is 0 Å². The normalized spacial score (nSPS) is 17.8. The molecule has 1 aliphatic rings. The standard InChI is InChI=1S/C14H18FNO2/c15-12-6-2-1-5-11(12)7-8-13(14(17)18)16-9-3-4-10-16/h1-2,5-6,13H,3-4,7-10H2,(H,17,18). The summed E-state index contributed by atoms with van der Waals surface area (Å²) in [7, 11) is 0. The highest BCUT2D eigenvalue weighted by Crippen LogP contribution is 2.17. The quantitative estimate of drug-likeness (QED) is 0.873. The van der Waals surface area contributed by atoms with Crippen molar-refractivity contribution in [1.29, 1.82) is 0 Å². The first-order valence-corrected chi connectivity index (χ1v) is 6.39. The number of carboxylic acid groups (broad SMARTS) is 1. The van der Waals surface area contributed by atoms with Crippen LogP contribution in [-0.4, -0.2) is 35.1 Å². The van der Waals surface area contributed by atoms with Gasteiger partial charge in [-0.05, 0) is 50.4 Å². The fourth-order valence-electron chi connectivity index (χ4n) is 2.51. The van der Waals surface area contributed by atoms with Gasteiger partial charge in [-0.25, -0.2) is 4.39 Å². The Kier molecular flexibility index (Phi) is 4.31. The topological polar surface area (TPSA) is 40.5 Å². The molecule has 1 saturated heterocycles. The van der Waals surface area contributed by atoms with Crippen LogP contribution in [0.2, 0.25) is 0 Å². The second-order valence-electron chi connectivity index (χ2n) is 4.73. The third kappa shape index (κ3) is 3.07. The molecule has 0 spiro atoms. The average molecular weight is 251 g/mol. The molecule has 0 saturated carbocycles. The van der Waals surface area contributed by atoms with Crippen LogP contribution in [0.1, 0.15) is 24.8 Å². The van der Waals surface area contributed by atoms with Crippen LogP contribution < -0.4 is 0 Å². The lowest BCUT2D eigenvalue weighted by Crippen LogP contribution is -2.39. The first-order valence-electron chi connectivity index (χ1n) is 6.39. The first-order chi connectivity index (χ1) is 8.68. The van der Waals surface area contributed by atoms with Gasteiger partial charge in [0.1, 0.15) is 11.9 Å². The van der Waals surface area contributed by atoms with E-state index in [9.17, 15) is 14.3 Å². The van der Waals surface area contributed by atoms with Crippen molar-refractivity contribution in [3.8, 4) is 0 Å². The number of benzene rings is 1. The molecule has 1 fully saturated rings. The van der Waals surface area contributed by atoms with Gasteiger partial charge in [-0.2, -0.15) is 0 Å². The summed E-state index contributed by atoms with van der Waals surface area (Å²) < 4.78 is 13.5. The molecule has 2 rings (SSSR count). The zero-order valence-corrected chi connectivity index (χ0v) is 10.3. The Morgan fingerprint density at radius 3 is 2.61 bits per heavy atom. The first kappa shape index (κ1) is 13.0. The highest BCUT2D eigenvalue weighted by atomic mass is 19.1. The summed E-state index contributed by atoms with van der Waals surface area (Å²) in [5.41, 5.74) is 0.600. The molecule has 0 radical (unpaired) electrons. The highest BCUT2D eigenvalue weighted by molar-refractivity contribution is 5.73. The van der Waals surface area contributed by atoms with Gasteiger partial charge in [0.2, 0.25) is 0 Å². The molecule has 1 unspecified atom stereocenters. The molecule has 1 N–H and O–H groups in total. The lowest BCUT2D eigenvalue weighted by molar-refractivity contribution is -0.143. The van der Waals surface area contributed by atoms with Crippen molar-refractivity contribution in [1.82, 2.24) is 4.90 Å². The molecule has 0 amide bonds. The predicted octanol–water partition coefficient (Wildman–Crippen LogP) is 2.31. The minimum atomic E-state index is -0.798. The van der Waals surface area contributed by atoms with Crippen LogP contribution in [0, 0.1) is 5.82 Å². The van der Waals surface area contributed by atoms with Crippen molar-refractivity contribution < 1.29 is 14.3 Å². The Balaban J connectivity index is 1.97. The second-order valence-corrected chi connectivity index (χ2v) is 4.73. The molecule has 0 bridgehead atoms. The van der Waals surface area contributed by atoms with E-state index < -0.39 is 12.0 Å².